The van der Waals surface area contributed by atoms with Crippen LogP contribution in [0.25, 0.3) is 0 Å². The normalized spacial score (nSPS) is 10.2. The van der Waals surface area contributed by atoms with Crippen molar-refractivity contribution in [1.29, 1.82) is 0 Å². The summed E-state index contributed by atoms with van der Waals surface area (Å²) in [4.78, 5) is 2.08. The van der Waals surface area contributed by atoms with Gasteiger partial charge in [-0.1, -0.05) is 6.08 Å². The minimum atomic E-state index is 0. The Hall–Kier alpha value is -0.243. The molecule has 0 aromatic heterocycles. The molecular weight excluding hydrogens is 114 g/mol. The number of hydrogen-bond donors (Lipinski definition) is 0. The van der Waals surface area contributed by atoms with Gasteiger partial charge in [0.2, 0.25) is 0 Å². The van der Waals surface area contributed by atoms with Gasteiger partial charge < -0.3 is 4.90 Å². The highest BCUT2D eigenvalue weighted by molar-refractivity contribution is 5.75. The molecule has 0 aromatic rings. The van der Waals surface area contributed by atoms with Gasteiger partial charge in [0.15, 0.2) is 0 Å². The first-order valence-electron chi connectivity index (χ1n) is 2.48. The Morgan fingerprint density at radius 1 is 1.38 bits per heavy atom. The third-order valence-corrected chi connectivity index (χ3v) is 1.12. The van der Waals surface area contributed by atoms with Crippen LogP contribution in [0.15, 0.2) is 11.8 Å². The fraction of sp³-hybridized carbons (Fsp3) is 0.667. The van der Waals surface area contributed by atoms with Crippen molar-refractivity contribution in [2.24, 2.45) is 0 Å². The molecule has 0 unspecified atom stereocenters. The Kier molecular flexibility index (Phi) is 6.55. The molecule has 50 valence electrons. The summed E-state index contributed by atoms with van der Waals surface area (Å²) in [6.07, 6.45) is 2.08. The zero-order valence-electron chi connectivity index (χ0n) is 5.52. The van der Waals surface area contributed by atoms with Gasteiger partial charge in [0.25, 0.3) is 0 Å². The summed E-state index contributed by atoms with van der Waals surface area (Å²) in [6.45, 7) is 4.12. The van der Waals surface area contributed by atoms with E-state index < -0.39 is 0 Å². The van der Waals surface area contributed by atoms with Crippen LogP contribution in [0.2, 0.25) is 0 Å². The van der Waals surface area contributed by atoms with Crippen LogP contribution in [0.1, 0.15) is 13.8 Å². The molecule has 0 aliphatic rings. The topological polar surface area (TPSA) is 3.24 Å². The van der Waals surface area contributed by atoms with E-state index in [1.54, 1.807) is 0 Å². The highest BCUT2D eigenvalue weighted by atomic mass is 28.1. The van der Waals surface area contributed by atoms with E-state index in [1.165, 1.54) is 5.70 Å². The molecule has 0 saturated carbocycles. The summed E-state index contributed by atoms with van der Waals surface area (Å²) >= 11 is 0. The van der Waals surface area contributed by atoms with Crippen molar-refractivity contribution < 1.29 is 0 Å². The number of rotatable bonds is 1. The Morgan fingerprint density at radius 3 is 1.75 bits per heavy atom. The molecule has 1 nitrogen and oxygen atoms in total. The largest absolute Gasteiger partial charge is 0.381 e. The maximum absolute atomic E-state index is 2.08. The van der Waals surface area contributed by atoms with Crippen molar-refractivity contribution in [3.05, 3.63) is 11.8 Å². The fourth-order valence-corrected chi connectivity index (χ4v) is 0.258. The molecular formula is C6H17NSi. The quantitative estimate of drug-likeness (QED) is 0.454. The minimum Gasteiger partial charge on any atom is -0.381 e. The van der Waals surface area contributed by atoms with E-state index in [2.05, 4.69) is 17.9 Å². The van der Waals surface area contributed by atoms with Crippen molar-refractivity contribution in [1.82, 2.24) is 4.90 Å². The molecule has 0 aliphatic carbocycles. The number of nitrogens with zero attached hydrogens (tertiary/aromatic N) is 1. The second-order valence-electron chi connectivity index (χ2n) is 1.82. The van der Waals surface area contributed by atoms with E-state index in [9.17, 15) is 0 Å². The van der Waals surface area contributed by atoms with Crippen LogP contribution < -0.4 is 0 Å². The molecule has 0 bridgehead atoms. The second kappa shape index (κ2) is 4.90. The van der Waals surface area contributed by atoms with Crippen LogP contribution in [0.4, 0.5) is 0 Å². The van der Waals surface area contributed by atoms with Crippen molar-refractivity contribution in [3.63, 3.8) is 0 Å². The summed E-state index contributed by atoms with van der Waals surface area (Å²) in [5.74, 6) is 0. The standard InChI is InChI=1S/C6H13N.H4Si/c1-5-6(2)7(3)4;/h5H,1-4H3;1H4. The summed E-state index contributed by atoms with van der Waals surface area (Å²) in [5, 5.41) is 0. The third kappa shape index (κ3) is 3.93. The van der Waals surface area contributed by atoms with Crippen molar-refractivity contribution in [2.75, 3.05) is 14.1 Å². The molecule has 0 aromatic carbocycles. The van der Waals surface area contributed by atoms with E-state index in [-0.39, 0.29) is 11.0 Å². The maximum Gasteiger partial charge on any atom is 0.00579 e. The van der Waals surface area contributed by atoms with E-state index in [0.717, 1.165) is 0 Å². The Morgan fingerprint density at radius 2 is 1.75 bits per heavy atom. The smallest absolute Gasteiger partial charge is 0.00579 e. The second-order valence-corrected chi connectivity index (χ2v) is 1.82. The summed E-state index contributed by atoms with van der Waals surface area (Å²) in [7, 11) is 4.07. The lowest BCUT2D eigenvalue weighted by Gasteiger charge is -2.10. The van der Waals surface area contributed by atoms with Crippen molar-refractivity contribution >= 4 is 11.0 Å². The predicted octanol–water partition coefficient (Wildman–Crippen LogP) is 0.0201. The van der Waals surface area contributed by atoms with E-state index in [4.69, 9.17) is 0 Å². The van der Waals surface area contributed by atoms with Gasteiger partial charge in [-0.15, -0.1) is 0 Å². The molecule has 0 rings (SSSR count). The average Bonchev–Trinajstić information content (AvgIpc) is 1.65. The number of hydrogen-bond acceptors (Lipinski definition) is 1. The first-order valence-corrected chi connectivity index (χ1v) is 2.48. The zero-order chi connectivity index (χ0) is 5.86. The van der Waals surface area contributed by atoms with Crippen molar-refractivity contribution in [2.45, 2.75) is 13.8 Å². The Balaban J connectivity index is 0. The molecule has 0 fully saturated rings. The first-order chi connectivity index (χ1) is 3.18. The summed E-state index contributed by atoms with van der Waals surface area (Å²) in [5.41, 5.74) is 1.31. The number of allylic oxidation sites excluding steroid dienone is 2. The average molecular weight is 131 g/mol. The van der Waals surface area contributed by atoms with E-state index >= 15 is 0 Å². The molecule has 0 N–H and O–H groups in total. The van der Waals surface area contributed by atoms with Crippen LogP contribution in [0.3, 0.4) is 0 Å². The molecule has 8 heavy (non-hydrogen) atoms. The van der Waals surface area contributed by atoms with Gasteiger partial charge in [-0.3, -0.25) is 0 Å². The molecule has 0 spiro atoms. The highest BCUT2D eigenvalue weighted by Crippen LogP contribution is 1.92. The minimum absolute atomic E-state index is 0. The summed E-state index contributed by atoms with van der Waals surface area (Å²) < 4.78 is 0. The molecule has 0 atom stereocenters. The molecule has 0 saturated heterocycles. The van der Waals surface area contributed by atoms with E-state index in [0.29, 0.717) is 0 Å². The van der Waals surface area contributed by atoms with Gasteiger partial charge >= 0.3 is 0 Å². The van der Waals surface area contributed by atoms with Crippen LogP contribution >= 0.6 is 0 Å². The van der Waals surface area contributed by atoms with Crippen LogP contribution in [-0.4, -0.2) is 30.0 Å². The predicted molar refractivity (Wildman–Crippen MR) is 44.5 cm³/mol. The van der Waals surface area contributed by atoms with Gasteiger partial charge in [-0.05, 0) is 24.8 Å². The molecule has 0 aliphatic heterocycles. The zero-order valence-corrected chi connectivity index (χ0v) is 5.52. The van der Waals surface area contributed by atoms with E-state index in [1.807, 2.05) is 21.0 Å². The molecule has 0 heterocycles. The Bertz CT molecular complexity index is 76.6. The molecule has 0 amide bonds. The van der Waals surface area contributed by atoms with Gasteiger partial charge in [0, 0.05) is 19.8 Å². The SMILES string of the molecule is CC=C(C)N(C)C.[SiH4]. The third-order valence-electron chi connectivity index (χ3n) is 1.12. The van der Waals surface area contributed by atoms with Crippen LogP contribution in [0.5, 0.6) is 0 Å². The highest BCUT2D eigenvalue weighted by Gasteiger charge is 1.83. The lowest BCUT2D eigenvalue weighted by Crippen LogP contribution is -2.06. The van der Waals surface area contributed by atoms with Gasteiger partial charge in [-0.2, -0.15) is 0 Å². The lowest BCUT2D eigenvalue weighted by atomic mass is 10.4. The van der Waals surface area contributed by atoms with Gasteiger partial charge in [-0.25, -0.2) is 0 Å². The summed E-state index contributed by atoms with van der Waals surface area (Å²) in [6, 6.07) is 0. The lowest BCUT2D eigenvalue weighted by molar-refractivity contribution is 0.512. The first kappa shape index (κ1) is 10.7. The Labute approximate surface area is 56.4 Å². The molecule has 0 radical (unpaired) electrons. The van der Waals surface area contributed by atoms with Crippen LogP contribution in [0, 0.1) is 0 Å². The van der Waals surface area contributed by atoms with Crippen molar-refractivity contribution in [3.8, 4) is 0 Å². The van der Waals surface area contributed by atoms with Gasteiger partial charge in [0.1, 0.15) is 0 Å². The van der Waals surface area contributed by atoms with Crippen LogP contribution in [-0.2, 0) is 0 Å². The fourth-order valence-electron chi connectivity index (χ4n) is 0.258. The molecule has 2 heteroatoms. The maximum atomic E-state index is 2.08. The monoisotopic (exact) mass is 131 g/mol. The van der Waals surface area contributed by atoms with Gasteiger partial charge in [0.05, 0.1) is 0 Å².